The van der Waals surface area contributed by atoms with Gasteiger partial charge in [0.1, 0.15) is 0 Å². The lowest BCUT2D eigenvalue weighted by molar-refractivity contribution is 0.0912. The highest BCUT2D eigenvalue weighted by Crippen LogP contribution is 2.22. The van der Waals surface area contributed by atoms with Crippen molar-refractivity contribution in [1.82, 2.24) is 5.32 Å². The summed E-state index contributed by atoms with van der Waals surface area (Å²) in [6.07, 6.45) is 1.49. The summed E-state index contributed by atoms with van der Waals surface area (Å²) in [6.45, 7) is 4.02. The van der Waals surface area contributed by atoms with Crippen molar-refractivity contribution in [2.45, 2.75) is 19.9 Å². The molecule has 1 N–H and O–H groups in total. The number of carbonyl (C=O) groups is 1. The summed E-state index contributed by atoms with van der Waals surface area (Å²) in [5, 5.41) is 2.89. The van der Waals surface area contributed by atoms with Crippen molar-refractivity contribution >= 4 is 17.2 Å². The van der Waals surface area contributed by atoms with Crippen LogP contribution < -0.4 is 5.32 Å². The molecule has 2 rings (SSSR count). The molecule has 16 heavy (non-hydrogen) atoms. The number of furan rings is 1. The molecule has 2 heterocycles. The predicted octanol–water partition coefficient (Wildman–Crippen LogP) is 3.14. The molecule has 4 heteroatoms. The molecule has 1 atom stereocenters. The minimum Gasteiger partial charge on any atom is -0.459 e. The Bertz CT molecular complexity index is 473. The van der Waals surface area contributed by atoms with Crippen LogP contribution in [0, 0.1) is 6.92 Å². The van der Waals surface area contributed by atoms with Crippen LogP contribution in [0.2, 0.25) is 0 Å². The average molecular weight is 235 g/mol. The van der Waals surface area contributed by atoms with Crippen molar-refractivity contribution in [3.05, 3.63) is 46.0 Å². The number of hydrogen-bond donors (Lipinski definition) is 1. The number of aryl methyl sites for hydroxylation is 1. The smallest absolute Gasteiger partial charge is 0.287 e. The van der Waals surface area contributed by atoms with E-state index < -0.39 is 0 Å². The van der Waals surface area contributed by atoms with Gasteiger partial charge in [-0.25, -0.2) is 0 Å². The zero-order chi connectivity index (χ0) is 11.5. The fraction of sp³-hybridized carbons (Fsp3) is 0.250. The van der Waals surface area contributed by atoms with E-state index in [9.17, 15) is 4.79 Å². The molecule has 0 aliphatic carbocycles. The Hall–Kier alpha value is -1.55. The van der Waals surface area contributed by atoms with Gasteiger partial charge in [-0.3, -0.25) is 4.79 Å². The zero-order valence-corrected chi connectivity index (χ0v) is 10.0. The second-order valence-electron chi connectivity index (χ2n) is 3.62. The first-order chi connectivity index (χ1) is 7.66. The van der Waals surface area contributed by atoms with Gasteiger partial charge in [0.2, 0.25) is 0 Å². The molecular weight excluding hydrogens is 222 g/mol. The Morgan fingerprint density at radius 3 is 2.81 bits per heavy atom. The molecule has 1 amide bonds. The van der Waals surface area contributed by atoms with Crippen LogP contribution in [0.5, 0.6) is 0 Å². The molecule has 0 bridgehead atoms. The van der Waals surface area contributed by atoms with E-state index in [4.69, 9.17) is 4.42 Å². The highest BCUT2D eigenvalue weighted by Gasteiger charge is 2.14. The fourth-order valence-electron chi connectivity index (χ4n) is 1.43. The third kappa shape index (κ3) is 2.33. The molecule has 3 nitrogen and oxygen atoms in total. The van der Waals surface area contributed by atoms with Crippen LogP contribution >= 0.6 is 11.3 Å². The van der Waals surface area contributed by atoms with Crippen molar-refractivity contribution in [1.29, 1.82) is 0 Å². The van der Waals surface area contributed by atoms with Crippen LogP contribution in [-0.2, 0) is 0 Å². The van der Waals surface area contributed by atoms with Crippen molar-refractivity contribution in [3.8, 4) is 0 Å². The van der Waals surface area contributed by atoms with Crippen LogP contribution in [-0.4, -0.2) is 5.91 Å². The molecule has 84 valence electrons. The number of thiophene rings is 1. The van der Waals surface area contributed by atoms with E-state index in [1.807, 2.05) is 13.0 Å². The number of amides is 1. The normalized spacial score (nSPS) is 12.4. The Balaban J connectivity index is 2.03. The molecule has 0 fully saturated rings. The Labute approximate surface area is 98.1 Å². The van der Waals surface area contributed by atoms with Crippen LogP contribution in [0.3, 0.4) is 0 Å². The maximum atomic E-state index is 11.7. The molecule has 0 aliphatic rings. The van der Waals surface area contributed by atoms with Gasteiger partial charge in [-0.2, -0.15) is 0 Å². The Morgan fingerprint density at radius 2 is 2.25 bits per heavy atom. The second kappa shape index (κ2) is 4.53. The third-order valence-corrected chi connectivity index (χ3v) is 3.46. The average Bonchev–Trinajstić information content (AvgIpc) is 2.87. The Morgan fingerprint density at radius 1 is 1.44 bits per heavy atom. The number of carbonyl (C=O) groups excluding carboxylic acids is 1. The first-order valence-electron chi connectivity index (χ1n) is 5.07. The molecular formula is C12H13NO2S. The van der Waals surface area contributed by atoms with Gasteiger partial charge in [0, 0.05) is 9.75 Å². The highest BCUT2D eigenvalue weighted by atomic mass is 32.1. The monoisotopic (exact) mass is 235 g/mol. The fourth-order valence-corrected chi connectivity index (χ4v) is 2.31. The molecule has 1 unspecified atom stereocenters. The van der Waals surface area contributed by atoms with Crippen LogP contribution in [0.1, 0.15) is 33.3 Å². The highest BCUT2D eigenvalue weighted by molar-refractivity contribution is 7.12. The summed E-state index contributed by atoms with van der Waals surface area (Å²) < 4.78 is 5.03. The minimum atomic E-state index is -0.177. The number of nitrogens with one attached hydrogen (secondary N) is 1. The van der Waals surface area contributed by atoms with E-state index in [0.29, 0.717) is 5.76 Å². The summed E-state index contributed by atoms with van der Waals surface area (Å²) in [6, 6.07) is 7.45. The summed E-state index contributed by atoms with van der Waals surface area (Å²) in [5.74, 6) is 0.170. The summed E-state index contributed by atoms with van der Waals surface area (Å²) >= 11 is 1.69. The largest absolute Gasteiger partial charge is 0.459 e. The van der Waals surface area contributed by atoms with Crippen molar-refractivity contribution in [2.24, 2.45) is 0 Å². The van der Waals surface area contributed by atoms with Gasteiger partial charge < -0.3 is 9.73 Å². The molecule has 2 aromatic rings. The van der Waals surface area contributed by atoms with Crippen LogP contribution in [0.25, 0.3) is 0 Å². The molecule has 0 aromatic carbocycles. The van der Waals surface area contributed by atoms with E-state index >= 15 is 0 Å². The van der Waals surface area contributed by atoms with Crippen molar-refractivity contribution < 1.29 is 9.21 Å². The van der Waals surface area contributed by atoms with Gasteiger partial charge in [0.15, 0.2) is 5.76 Å². The molecule has 0 spiro atoms. The summed E-state index contributed by atoms with van der Waals surface area (Å²) in [7, 11) is 0. The predicted molar refractivity (Wildman–Crippen MR) is 63.6 cm³/mol. The van der Waals surface area contributed by atoms with Crippen LogP contribution in [0.4, 0.5) is 0 Å². The SMILES string of the molecule is Cc1ccc(C(C)NC(=O)c2ccco2)s1. The molecule has 0 radical (unpaired) electrons. The Kier molecular flexibility index (Phi) is 3.10. The van der Waals surface area contributed by atoms with E-state index in [-0.39, 0.29) is 11.9 Å². The van der Waals surface area contributed by atoms with Gasteiger partial charge in [-0.15, -0.1) is 11.3 Å². The van der Waals surface area contributed by atoms with Gasteiger partial charge >= 0.3 is 0 Å². The molecule has 0 saturated carbocycles. The van der Waals surface area contributed by atoms with Crippen molar-refractivity contribution in [2.75, 3.05) is 0 Å². The maximum absolute atomic E-state index is 11.7. The van der Waals surface area contributed by atoms with Gasteiger partial charge in [0.05, 0.1) is 12.3 Å². The first-order valence-corrected chi connectivity index (χ1v) is 5.89. The lowest BCUT2D eigenvalue weighted by Gasteiger charge is -2.10. The van der Waals surface area contributed by atoms with E-state index in [1.165, 1.54) is 11.1 Å². The lowest BCUT2D eigenvalue weighted by atomic mass is 10.2. The molecule has 0 aliphatic heterocycles. The number of hydrogen-bond acceptors (Lipinski definition) is 3. The van der Waals surface area contributed by atoms with Gasteiger partial charge in [0.25, 0.3) is 5.91 Å². The minimum absolute atomic E-state index is 0.0105. The lowest BCUT2D eigenvalue weighted by Crippen LogP contribution is -2.25. The van der Waals surface area contributed by atoms with E-state index in [0.717, 1.165) is 4.88 Å². The van der Waals surface area contributed by atoms with E-state index in [1.54, 1.807) is 23.5 Å². The van der Waals surface area contributed by atoms with Gasteiger partial charge in [-0.1, -0.05) is 0 Å². The summed E-state index contributed by atoms with van der Waals surface area (Å²) in [5.41, 5.74) is 0. The van der Waals surface area contributed by atoms with Crippen LogP contribution in [0.15, 0.2) is 34.9 Å². The topological polar surface area (TPSA) is 42.2 Å². The third-order valence-electron chi connectivity index (χ3n) is 2.28. The first kappa shape index (κ1) is 11.0. The standard InChI is InChI=1S/C12H13NO2S/c1-8-5-6-11(16-8)9(2)13-12(14)10-4-3-7-15-10/h3-7,9H,1-2H3,(H,13,14). The maximum Gasteiger partial charge on any atom is 0.287 e. The van der Waals surface area contributed by atoms with Gasteiger partial charge in [-0.05, 0) is 38.1 Å². The van der Waals surface area contributed by atoms with E-state index in [2.05, 4.69) is 18.3 Å². The molecule has 0 saturated heterocycles. The van der Waals surface area contributed by atoms with Crippen molar-refractivity contribution in [3.63, 3.8) is 0 Å². The number of rotatable bonds is 3. The summed E-state index contributed by atoms with van der Waals surface area (Å²) in [4.78, 5) is 14.1. The molecule has 2 aromatic heterocycles. The quantitative estimate of drug-likeness (QED) is 0.888. The second-order valence-corrected chi connectivity index (χ2v) is 4.94. The zero-order valence-electron chi connectivity index (χ0n) is 9.19.